The third-order valence-corrected chi connectivity index (χ3v) is 3.96. The molecule has 2 N–H and O–H groups in total. The van der Waals surface area contributed by atoms with Crippen LogP contribution >= 0.6 is 12.4 Å². The number of benzene rings is 1. The number of amides is 2. The van der Waals surface area contributed by atoms with Crippen molar-refractivity contribution in [3.63, 3.8) is 0 Å². The zero-order valence-electron chi connectivity index (χ0n) is 14.8. The van der Waals surface area contributed by atoms with Crippen molar-refractivity contribution in [1.29, 1.82) is 0 Å². The topological polar surface area (TPSA) is 79.9 Å². The molecule has 7 nitrogen and oxygen atoms in total. The van der Waals surface area contributed by atoms with Crippen LogP contribution < -0.4 is 15.4 Å². The minimum absolute atomic E-state index is 0. The molecule has 1 saturated heterocycles. The van der Waals surface area contributed by atoms with E-state index >= 15 is 0 Å². The van der Waals surface area contributed by atoms with Crippen LogP contribution in [-0.4, -0.2) is 62.2 Å². The molecule has 0 aromatic heterocycles. The van der Waals surface area contributed by atoms with Crippen molar-refractivity contribution in [1.82, 2.24) is 10.2 Å². The van der Waals surface area contributed by atoms with Crippen LogP contribution in [0.4, 0.5) is 5.69 Å². The molecule has 1 aromatic rings. The molecule has 1 fully saturated rings. The lowest BCUT2D eigenvalue weighted by atomic mass is 10.1. The molecular weight excluding hydrogens is 346 g/mol. The summed E-state index contributed by atoms with van der Waals surface area (Å²) in [4.78, 5) is 26.4. The van der Waals surface area contributed by atoms with Crippen molar-refractivity contribution in [2.75, 3.05) is 38.7 Å². The fourth-order valence-corrected chi connectivity index (χ4v) is 2.63. The summed E-state index contributed by atoms with van der Waals surface area (Å²) < 4.78 is 10.6. The molecule has 2 atom stereocenters. The molecule has 140 valence electrons. The number of carbonyl (C=O) groups is 2. The van der Waals surface area contributed by atoms with Crippen LogP contribution in [0.1, 0.15) is 13.8 Å². The highest BCUT2D eigenvalue weighted by atomic mass is 35.5. The summed E-state index contributed by atoms with van der Waals surface area (Å²) in [7, 11) is 1.57. The number of ether oxygens (including phenoxy) is 2. The van der Waals surface area contributed by atoms with Gasteiger partial charge in [0, 0.05) is 24.8 Å². The van der Waals surface area contributed by atoms with Crippen LogP contribution in [0.2, 0.25) is 0 Å². The molecule has 25 heavy (non-hydrogen) atoms. The quantitative estimate of drug-likeness (QED) is 0.787. The number of morpholine rings is 1. The highest BCUT2D eigenvalue weighted by Crippen LogP contribution is 2.16. The summed E-state index contributed by atoms with van der Waals surface area (Å²) in [5.41, 5.74) is 0.635. The van der Waals surface area contributed by atoms with Gasteiger partial charge in [-0.15, -0.1) is 12.4 Å². The smallest absolute Gasteiger partial charge is 0.243 e. The lowest BCUT2D eigenvalue weighted by Gasteiger charge is -2.33. The first-order valence-electron chi connectivity index (χ1n) is 8.12. The molecule has 0 spiro atoms. The first-order valence-corrected chi connectivity index (χ1v) is 8.12. The van der Waals surface area contributed by atoms with Crippen molar-refractivity contribution in [3.05, 3.63) is 24.3 Å². The number of likely N-dealkylation sites (N-methyl/N-ethyl adjacent to an activating group) is 1. The van der Waals surface area contributed by atoms with Gasteiger partial charge in [-0.3, -0.25) is 9.59 Å². The predicted octanol–water partition coefficient (Wildman–Crippen LogP) is 1.28. The maximum absolute atomic E-state index is 12.6. The summed E-state index contributed by atoms with van der Waals surface area (Å²) in [6.07, 6.45) is -0.207. The monoisotopic (exact) mass is 371 g/mol. The van der Waals surface area contributed by atoms with Gasteiger partial charge in [-0.1, -0.05) is 6.07 Å². The number of hydrogen-bond acceptors (Lipinski definition) is 5. The molecule has 1 aliphatic rings. The Balaban J connectivity index is 0.00000312. The number of nitrogens with zero attached hydrogens (tertiary/aromatic N) is 1. The van der Waals surface area contributed by atoms with E-state index in [1.165, 1.54) is 4.90 Å². The van der Waals surface area contributed by atoms with Crippen LogP contribution in [-0.2, 0) is 14.3 Å². The van der Waals surface area contributed by atoms with Gasteiger partial charge in [0.05, 0.1) is 26.4 Å². The van der Waals surface area contributed by atoms with Gasteiger partial charge >= 0.3 is 0 Å². The highest BCUT2D eigenvalue weighted by molar-refractivity contribution is 5.95. The van der Waals surface area contributed by atoms with Gasteiger partial charge in [0.25, 0.3) is 0 Å². The molecule has 1 heterocycles. The molecule has 0 aliphatic carbocycles. The van der Waals surface area contributed by atoms with E-state index in [4.69, 9.17) is 9.47 Å². The third-order valence-electron chi connectivity index (χ3n) is 3.96. The van der Waals surface area contributed by atoms with E-state index in [0.717, 1.165) is 0 Å². The van der Waals surface area contributed by atoms with Gasteiger partial charge in [-0.05, 0) is 26.0 Å². The van der Waals surface area contributed by atoms with Crippen molar-refractivity contribution < 1.29 is 19.1 Å². The van der Waals surface area contributed by atoms with E-state index in [1.54, 1.807) is 31.4 Å². The number of carbonyl (C=O) groups excluding carboxylic acids is 2. The zero-order valence-corrected chi connectivity index (χ0v) is 15.6. The molecule has 1 aromatic carbocycles. The Bertz CT molecular complexity index is 585. The summed E-state index contributed by atoms with van der Waals surface area (Å²) in [6.45, 7) is 5.39. The van der Waals surface area contributed by atoms with Crippen molar-refractivity contribution in [2.45, 2.75) is 26.0 Å². The minimum atomic E-state index is -0.414. The van der Waals surface area contributed by atoms with E-state index in [0.29, 0.717) is 31.1 Å². The molecule has 1 aliphatic heterocycles. The second kappa shape index (κ2) is 10.2. The Hall–Kier alpha value is -1.83. The van der Waals surface area contributed by atoms with Crippen molar-refractivity contribution in [3.8, 4) is 5.75 Å². The van der Waals surface area contributed by atoms with E-state index in [1.807, 2.05) is 13.8 Å². The first kappa shape index (κ1) is 21.2. The maximum atomic E-state index is 12.6. The van der Waals surface area contributed by atoms with Crippen LogP contribution in [0.3, 0.4) is 0 Å². The van der Waals surface area contributed by atoms with Gasteiger partial charge in [0.15, 0.2) is 0 Å². The number of methoxy groups -OCH3 is 1. The Morgan fingerprint density at radius 1 is 1.44 bits per heavy atom. The summed E-state index contributed by atoms with van der Waals surface area (Å²) in [5, 5.41) is 5.94. The number of nitrogens with one attached hydrogen (secondary N) is 2. The number of rotatable bonds is 6. The van der Waals surface area contributed by atoms with Gasteiger partial charge in [0.1, 0.15) is 11.8 Å². The van der Waals surface area contributed by atoms with Crippen LogP contribution in [0, 0.1) is 0 Å². The van der Waals surface area contributed by atoms with Crippen molar-refractivity contribution >= 4 is 29.9 Å². The second-order valence-electron chi connectivity index (χ2n) is 5.64. The Morgan fingerprint density at radius 3 is 2.84 bits per heavy atom. The third kappa shape index (κ3) is 5.88. The van der Waals surface area contributed by atoms with E-state index in [-0.39, 0.29) is 36.9 Å². The normalized spacial score (nSPS) is 19.5. The van der Waals surface area contributed by atoms with Crippen LogP contribution in [0.25, 0.3) is 0 Å². The lowest BCUT2D eigenvalue weighted by Crippen LogP contribution is -2.57. The zero-order chi connectivity index (χ0) is 17.5. The SMILES string of the molecule is CCN(CC(=O)Nc1cccc(OC)c1)C(=O)[C@H]1NCCO[C@@H]1C.Cl. The fourth-order valence-electron chi connectivity index (χ4n) is 2.63. The molecule has 2 amide bonds. The van der Waals surface area contributed by atoms with E-state index in [9.17, 15) is 9.59 Å². The number of halogens is 1. The van der Waals surface area contributed by atoms with Gasteiger partial charge in [0.2, 0.25) is 11.8 Å². The van der Waals surface area contributed by atoms with E-state index < -0.39 is 6.04 Å². The van der Waals surface area contributed by atoms with E-state index in [2.05, 4.69) is 10.6 Å². The fraction of sp³-hybridized carbons (Fsp3) is 0.529. The highest BCUT2D eigenvalue weighted by Gasteiger charge is 2.32. The lowest BCUT2D eigenvalue weighted by molar-refractivity contribution is -0.141. The molecule has 0 radical (unpaired) electrons. The Morgan fingerprint density at radius 2 is 2.20 bits per heavy atom. The molecule has 0 unspecified atom stereocenters. The number of hydrogen-bond donors (Lipinski definition) is 2. The second-order valence-corrected chi connectivity index (χ2v) is 5.64. The summed E-state index contributed by atoms with van der Waals surface area (Å²) in [5.74, 6) is 0.293. The molecule has 0 bridgehead atoms. The Labute approximate surface area is 154 Å². The Kier molecular flexibility index (Phi) is 8.68. The minimum Gasteiger partial charge on any atom is -0.497 e. The molecule has 2 rings (SSSR count). The van der Waals surface area contributed by atoms with Gasteiger partial charge in [-0.2, -0.15) is 0 Å². The molecule has 8 heteroatoms. The van der Waals surface area contributed by atoms with Gasteiger partial charge < -0.3 is 25.0 Å². The predicted molar refractivity (Wildman–Crippen MR) is 98.3 cm³/mol. The number of anilines is 1. The average Bonchev–Trinajstić information content (AvgIpc) is 2.59. The largest absolute Gasteiger partial charge is 0.497 e. The summed E-state index contributed by atoms with van der Waals surface area (Å²) in [6, 6.07) is 6.69. The van der Waals surface area contributed by atoms with Crippen molar-refractivity contribution in [2.24, 2.45) is 0 Å². The summed E-state index contributed by atoms with van der Waals surface area (Å²) >= 11 is 0. The van der Waals surface area contributed by atoms with Crippen LogP contribution in [0.5, 0.6) is 5.75 Å². The molecule has 0 saturated carbocycles. The molecular formula is C17H26ClN3O4. The standard InChI is InChI=1S/C17H25N3O4.ClH/c1-4-20(17(22)16-12(2)24-9-8-18-16)11-15(21)19-13-6-5-7-14(10-13)23-3;/h5-7,10,12,16,18H,4,8-9,11H2,1-3H3,(H,19,21);1H/t12-,16+;/m1./s1. The maximum Gasteiger partial charge on any atom is 0.243 e. The average molecular weight is 372 g/mol. The first-order chi connectivity index (χ1) is 11.5. The van der Waals surface area contributed by atoms with Gasteiger partial charge in [-0.25, -0.2) is 0 Å². The van der Waals surface area contributed by atoms with Crippen LogP contribution in [0.15, 0.2) is 24.3 Å².